The molecule has 0 fully saturated rings. The largest absolute Gasteiger partial charge is 0.508 e. The van der Waals surface area contributed by atoms with E-state index in [-0.39, 0.29) is 27.6 Å². The molecule has 0 amide bonds. The van der Waals surface area contributed by atoms with Crippen LogP contribution >= 0.6 is 0 Å². The van der Waals surface area contributed by atoms with Crippen molar-refractivity contribution >= 4 is 10.8 Å². The monoisotopic (exact) mass is 282 g/mol. The van der Waals surface area contributed by atoms with E-state index >= 15 is 0 Å². The van der Waals surface area contributed by atoms with E-state index in [2.05, 4.69) is 5.10 Å². The molecule has 0 saturated heterocycles. The van der Waals surface area contributed by atoms with E-state index in [1.54, 1.807) is 0 Å². The maximum absolute atomic E-state index is 12.3. The molecule has 0 saturated carbocycles. The van der Waals surface area contributed by atoms with Crippen molar-refractivity contribution in [1.82, 2.24) is 9.78 Å². The molecule has 21 heavy (non-hydrogen) atoms. The number of hydrogen-bond donors (Lipinski definition) is 2. The van der Waals surface area contributed by atoms with E-state index in [0.717, 1.165) is 5.56 Å². The fourth-order valence-corrected chi connectivity index (χ4v) is 2.33. The van der Waals surface area contributed by atoms with Gasteiger partial charge in [0.05, 0.1) is 10.8 Å². The molecule has 5 nitrogen and oxygen atoms in total. The van der Waals surface area contributed by atoms with E-state index in [1.165, 1.54) is 22.9 Å². The second kappa shape index (κ2) is 5.28. The summed E-state index contributed by atoms with van der Waals surface area (Å²) in [5.41, 5.74) is 0.440. The van der Waals surface area contributed by atoms with Crippen molar-refractivity contribution < 1.29 is 5.11 Å². The van der Waals surface area contributed by atoms with Gasteiger partial charge in [-0.1, -0.05) is 30.3 Å². The first-order chi connectivity index (χ1) is 10.1. The molecular weight excluding hydrogens is 268 g/mol. The van der Waals surface area contributed by atoms with Crippen molar-refractivity contribution in [3.8, 4) is 5.75 Å². The predicted octanol–water partition coefficient (Wildman–Crippen LogP) is 1.64. The summed E-state index contributed by atoms with van der Waals surface area (Å²) in [5.74, 6) is -0.0280. The molecule has 3 aromatic rings. The summed E-state index contributed by atoms with van der Waals surface area (Å²) < 4.78 is 1.29. The first-order valence-electron chi connectivity index (χ1n) is 6.65. The maximum atomic E-state index is 12.3. The average Bonchev–Trinajstić information content (AvgIpc) is 2.50. The SMILES string of the molecule is O=c1[nH]n(CCc2ccccc2)c(=O)c2cc(O)ccc12. The van der Waals surface area contributed by atoms with E-state index in [0.29, 0.717) is 13.0 Å². The van der Waals surface area contributed by atoms with Crippen molar-refractivity contribution in [2.75, 3.05) is 0 Å². The zero-order chi connectivity index (χ0) is 14.8. The number of aromatic amines is 1. The Bertz CT molecular complexity index is 895. The van der Waals surface area contributed by atoms with Gasteiger partial charge in [-0.15, -0.1) is 0 Å². The van der Waals surface area contributed by atoms with Crippen molar-refractivity contribution in [3.63, 3.8) is 0 Å². The number of fused-ring (bicyclic) bond motifs is 1. The van der Waals surface area contributed by atoms with Crippen LogP contribution in [0.3, 0.4) is 0 Å². The number of aromatic hydroxyl groups is 1. The van der Waals surface area contributed by atoms with Crippen LogP contribution < -0.4 is 11.1 Å². The normalized spacial score (nSPS) is 10.9. The Hall–Kier alpha value is -2.82. The molecule has 1 heterocycles. The minimum Gasteiger partial charge on any atom is -0.508 e. The molecule has 106 valence electrons. The topological polar surface area (TPSA) is 75.1 Å². The van der Waals surface area contributed by atoms with Crippen LogP contribution in [-0.4, -0.2) is 14.9 Å². The second-order valence-corrected chi connectivity index (χ2v) is 4.86. The lowest BCUT2D eigenvalue weighted by Crippen LogP contribution is -2.30. The van der Waals surface area contributed by atoms with Crippen LogP contribution in [0.15, 0.2) is 58.1 Å². The predicted molar refractivity (Wildman–Crippen MR) is 80.6 cm³/mol. The summed E-state index contributed by atoms with van der Waals surface area (Å²) in [7, 11) is 0. The number of nitrogens with zero attached hydrogens (tertiary/aromatic N) is 1. The van der Waals surface area contributed by atoms with E-state index in [1.807, 2.05) is 30.3 Å². The Balaban J connectivity index is 2.01. The third-order valence-corrected chi connectivity index (χ3v) is 3.43. The standard InChI is InChI=1S/C16H14N2O3/c19-12-6-7-13-14(10-12)16(21)18(17-15(13)20)9-8-11-4-2-1-3-5-11/h1-7,10,19H,8-9H2,(H,17,20). The Morgan fingerprint density at radius 3 is 2.52 bits per heavy atom. The van der Waals surface area contributed by atoms with Gasteiger partial charge in [0.1, 0.15) is 5.75 Å². The van der Waals surface area contributed by atoms with Crippen LogP contribution in [0.5, 0.6) is 5.75 Å². The van der Waals surface area contributed by atoms with E-state index < -0.39 is 0 Å². The molecule has 0 aliphatic carbocycles. The van der Waals surface area contributed by atoms with E-state index in [4.69, 9.17) is 0 Å². The van der Waals surface area contributed by atoms with Crippen LogP contribution in [0.2, 0.25) is 0 Å². The van der Waals surface area contributed by atoms with Gasteiger partial charge in [-0.3, -0.25) is 14.7 Å². The van der Waals surface area contributed by atoms with Crippen molar-refractivity contribution in [1.29, 1.82) is 0 Å². The van der Waals surface area contributed by atoms with Crippen LogP contribution in [0.1, 0.15) is 5.56 Å². The lowest BCUT2D eigenvalue weighted by atomic mass is 10.1. The number of rotatable bonds is 3. The number of H-pyrrole nitrogens is 1. The summed E-state index contributed by atoms with van der Waals surface area (Å²) in [6, 6.07) is 13.9. The van der Waals surface area contributed by atoms with Crippen LogP contribution in [0.4, 0.5) is 0 Å². The molecule has 0 atom stereocenters. The number of phenolic OH excluding ortho intramolecular Hbond substituents is 1. The fourth-order valence-electron chi connectivity index (χ4n) is 2.33. The summed E-state index contributed by atoms with van der Waals surface area (Å²) in [6.45, 7) is 0.379. The molecule has 1 aromatic heterocycles. The summed E-state index contributed by atoms with van der Waals surface area (Å²) in [4.78, 5) is 24.3. The number of hydrogen-bond acceptors (Lipinski definition) is 3. The molecule has 0 aliphatic heterocycles. The molecule has 2 aromatic carbocycles. The van der Waals surface area contributed by atoms with Gasteiger partial charge in [0.25, 0.3) is 11.1 Å². The molecule has 0 unspecified atom stereocenters. The molecule has 5 heteroatoms. The number of aryl methyl sites for hydroxylation is 2. The van der Waals surface area contributed by atoms with E-state index in [9.17, 15) is 14.7 Å². The Morgan fingerprint density at radius 1 is 1.00 bits per heavy atom. The molecule has 0 radical (unpaired) electrons. The van der Waals surface area contributed by atoms with Crippen molar-refractivity contribution in [2.45, 2.75) is 13.0 Å². The summed E-state index contributed by atoms with van der Waals surface area (Å²) in [6.07, 6.45) is 0.640. The number of aromatic nitrogens is 2. The van der Waals surface area contributed by atoms with Crippen molar-refractivity contribution in [3.05, 3.63) is 74.8 Å². The summed E-state index contributed by atoms with van der Waals surface area (Å²) >= 11 is 0. The third kappa shape index (κ3) is 2.58. The number of phenols is 1. The van der Waals surface area contributed by atoms with Crippen molar-refractivity contribution in [2.24, 2.45) is 0 Å². The highest BCUT2D eigenvalue weighted by Gasteiger charge is 2.08. The third-order valence-electron chi connectivity index (χ3n) is 3.43. The van der Waals surface area contributed by atoms with Gasteiger partial charge in [-0.05, 0) is 30.2 Å². The smallest absolute Gasteiger partial charge is 0.273 e. The zero-order valence-corrected chi connectivity index (χ0v) is 11.2. The van der Waals surface area contributed by atoms with Crippen LogP contribution in [-0.2, 0) is 13.0 Å². The van der Waals surface area contributed by atoms with Gasteiger partial charge in [-0.2, -0.15) is 0 Å². The lowest BCUT2D eigenvalue weighted by molar-refractivity contribution is 0.476. The van der Waals surface area contributed by atoms with Gasteiger partial charge in [0.15, 0.2) is 0 Å². The summed E-state index contributed by atoms with van der Waals surface area (Å²) in [5, 5.41) is 12.6. The van der Waals surface area contributed by atoms with Gasteiger partial charge in [0.2, 0.25) is 0 Å². The molecule has 2 N–H and O–H groups in total. The minimum absolute atomic E-state index is 0.0280. The lowest BCUT2D eigenvalue weighted by Gasteiger charge is -2.07. The first-order valence-corrected chi connectivity index (χ1v) is 6.65. The van der Waals surface area contributed by atoms with Gasteiger partial charge < -0.3 is 5.11 Å². The average molecular weight is 282 g/mol. The van der Waals surface area contributed by atoms with Gasteiger partial charge >= 0.3 is 0 Å². The number of benzene rings is 2. The molecule has 3 rings (SSSR count). The maximum Gasteiger partial charge on any atom is 0.273 e. The Labute approximate surface area is 120 Å². The zero-order valence-electron chi connectivity index (χ0n) is 11.2. The highest BCUT2D eigenvalue weighted by Crippen LogP contribution is 2.13. The van der Waals surface area contributed by atoms with Gasteiger partial charge in [0, 0.05) is 6.54 Å². The fraction of sp³-hybridized carbons (Fsp3) is 0.125. The molecule has 0 bridgehead atoms. The second-order valence-electron chi connectivity index (χ2n) is 4.86. The molecular formula is C16H14N2O3. The molecule has 0 aliphatic rings. The Morgan fingerprint density at radius 2 is 1.76 bits per heavy atom. The minimum atomic E-state index is -0.335. The quantitative estimate of drug-likeness (QED) is 0.767. The van der Waals surface area contributed by atoms with Gasteiger partial charge in [-0.25, -0.2) is 4.68 Å². The first kappa shape index (κ1) is 13.2. The van der Waals surface area contributed by atoms with Crippen LogP contribution in [0, 0.1) is 0 Å². The van der Waals surface area contributed by atoms with Crippen LogP contribution in [0.25, 0.3) is 10.8 Å². The highest BCUT2D eigenvalue weighted by atomic mass is 16.3. The highest BCUT2D eigenvalue weighted by molar-refractivity contribution is 5.81. The number of nitrogens with one attached hydrogen (secondary N) is 1. The Kier molecular flexibility index (Phi) is 3.31. The molecule has 0 spiro atoms.